The van der Waals surface area contributed by atoms with E-state index in [4.69, 9.17) is 0 Å². The number of piperidine rings is 2. The first-order valence-corrected chi connectivity index (χ1v) is 18.7. The molecule has 1 aliphatic carbocycles. The van der Waals surface area contributed by atoms with Crippen molar-refractivity contribution in [2.45, 2.75) is 83.7 Å². The number of aromatic nitrogens is 2. The molecule has 2 aliphatic heterocycles. The number of anilines is 2. The van der Waals surface area contributed by atoms with Gasteiger partial charge in [0.2, 0.25) is 0 Å². The van der Waals surface area contributed by atoms with Gasteiger partial charge in [-0.25, -0.2) is 0 Å². The Morgan fingerprint density at radius 3 is 1.47 bits per heavy atom. The fourth-order valence-corrected chi connectivity index (χ4v) is 7.52. The number of pyridine rings is 2. The van der Waals surface area contributed by atoms with Gasteiger partial charge in [0.25, 0.3) is 11.1 Å². The van der Waals surface area contributed by atoms with Crippen molar-refractivity contribution in [2.24, 2.45) is 11.8 Å². The minimum absolute atomic E-state index is 0.128. The van der Waals surface area contributed by atoms with E-state index in [2.05, 4.69) is 90.4 Å². The van der Waals surface area contributed by atoms with Crippen LogP contribution in [0.25, 0.3) is 0 Å². The quantitative estimate of drug-likeness (QED) is 0.180. The Hall–Kier alpha value is -5.08. The second-order valence-electron chi connectivity index (χ2n) is 14.8. The van der Waals surface area contributed by atoms with E-state index < -0.39 is 0 Å². The summed E-state index contributed by atoms with van der Waals surface area (Å²) >= 11 is 0. The molecular formula is C43H50N6O2. The van der Waals surface area contributed by atoms with E-state index in [0.29, 0.717) is 35.8 Å². The van der Waals surface area contributed by atoms with Crippen LogP contribution in [-0.2, 0) is 13.1 Å². The van der Waals surface area contributed by atoms with Crippen LogP contribution in [0.5, 0.6) is 0 Å². The predicted molar refractivity (Wildman–Crippen MR) is 204 cm³/mol. The first-order chi connectivity index (χ1) is 24.9. The summed E-state index contributed by atoms with van der Waals surface area (Å²) < 4.78 is 3.40. The average Bonchev–Trinajstić information content (AvgIpc) is 4.00. The van der Waals surface area contributed by atoms with Crippen molar-refractivity contribution in [3.8, 4) is 12.1 Å². The van der Waals surface area contributed by atoms with Crippen molar-refractivity contribution in [1.82, 2.24) is 9.13 Å². The van der Waals surface area contributed by atoms with E-state index in [0.717, 1.165) is 76.2 Å². The molecule has 3 fully saturated rings. The minimum atomic E-state index is -0.157. The molecule has 0 radical (unpaired) electrons. The molecule has 0 atom stereocenters. The maximum absolute atomic E-state index is 12.7. The predicted octanol–water partition coefficient (Wildman–Crippen LogP) is 7.66. The summed E-state index contributed by atoms with van der Waals surface area (Å²) in [5.74, 6) is 2.28. The van der Waals surface area contributed by atoms with E-state index in [-0.39, 0.29) is 16.7 Å². The Bertz CT molecular complexity index is 1950. The SMILES string of the molecule is CC(C)CCn1ccc(N2CCC(c3ccccc3)CC2)c(C#N)c1=O.N#Cc1c(N2CCC(c3ccccc3)CC2)ccn(CC2CC2)c1=O. The molecule has 0 N–H and O–H groups in total. The molecule has 7 rings (SSSR count). The van der Waals surface area contributed by atoms with E-state index in [1.165, 1.54) is 24.0 Å². The third-order valence-corrected chi connectivity index (χ3v) is 10.8. The van der Waals surface area contributed by atoms with Crippen LogP contribution in [0.1, 0.15) is 92.9 Å². The highest BCUT2D eigenvalue weighted by Crippen LogP contribution is 2.33. The largest absolute Gasteiger partial charge is 0.370 e. The summed E-state index contributed by atoms with van der Waals surface area (Å²) in [6.45, 7) is 9.24. The monoisotopic (exact) mass is 682 g/mol. The van der Waals surface area contributed by atoms with Crippen molar-refractivity contribution >= 4 is 11.4 Å². The summed E-state index contributed by atoms with van der Waals surface area (Å²) in [5, 5.41) is 19.1. The summed E-state index contributed by atoms with van der Waals surface area (Å²) in [4.78, 5) is 29.7. The van der Waals surface area contributed by atoms with Crippen LogP contribution < -0.4 is 20.9 Å². The highest BCUT2D eigenvalue weighted by Gasteiger charge is 2.27. The molecule has 0 bridgehead atoms. The van der Waals surface area contributed by atoms with Crippen molar-refractivity contribution in [3.05, 3.63) is 128 Å². The van der Waals surface area contributed by atoms with Crippen LogP contribution in [0.3, 0.4) is 0 Å². The normalized spacial score (nSPS) is 16.6. The van der Waals surface area contributed by atoms with Crippen molar-refractivity contribution in [2.75, 3.05) is 36.0 Å². The Morgan fingerprint density at radius 1 is 0.627 bits per heavy atom. The Labute approximate surface area is 302 Å². The highest BCUT2D eigenvalue weighted by molar-refractivity contribution is 5.59. The van der Waals surface area contributed by atoms with Gasteiger partial charge in [-0.15, -0.1) is 0 Å². The van der Waals surface area contributed by atoms with Crippen LogP contribution in [0.4, 0.5) is 11.4 Å². The van der Waals surface area contributed by atoms with Crippen molar-refractivity contribution in [1.29, 1.82) is 10.5 Å². The number of hydrogen-bond acceptors (Lipinski definition) is 6. The molecule has 8 nitrogen and oxygen atoms in total. The second kappa shape index (κ2) is 16.8. The highest BCUT2D eigenvalue weighted by atomic mass is 16.1. The third-order valence-electron chi connectivity index (χ3n) is 10.8. The van der Waals surface area contributed by atoms with Crippen LogP contribution in [-0.4, -0.2) is 35.3 Å². The van der Waals surface area contributed by atoms with Gasteiger partial charge in [0.05, 0.1) is 11.4 Å². The molecule has 8 heteroatoms. The zero-order valence-electron chi connectivity index (χ0n) is 30.1. The lowest BCUT2D eigenvalue weighted by atomic mass is 9.89. The molecule has 1 saturated carbocycles. The maximum atomic E-state index is 12.7. The summed E-state index contributed by atoms with van der Waals surface area (Å²) in [7, 11) is 0. The topological polar surface area (TPSA) is 98.1 Å². The fourth-order valence-electron chi connectivity index (χ4n) is 7.52. The van der Waals surface area contributed by atoms with Crippen LogP contribution in [0.15, 0.2) is 94.8 Å². The molecule has 0 spiro atoms. The van der Waals surface area contributed by atoms with Gasteiger partial charge in [-0.1, -0.05) is 74.5 Å². The van der Waals surface area contributed by atoms with Crippen LogP contribution in [0, 0.1) is 34.5 Å². The summed E-state index contributed by atoms with van der Waals surface area (Å²) in [6, 6.07) is 29.5. The standard InChI is InChI=1S/C22H27N3O.C21H23N3O/c1-17(2)8-12-25-15-11-21(20(16-23)22(25)26)24-13-9-19(10-14-24)18-6-4-3-5-7-18;22-14-19-20(10-13-24(21(19)25)15-16-6-7-16)23-11-8-18(9-12-23)17-4-2-1-3-5-17/h3-7,11,15,17,19H,8-10,12-14H2,1-2H3;1-5,10,13,16,18H,6-9,11-12,15H2. The molecule has 51 heavy (non-hydrogen) atoms. The molecule has 0 unspecified atom stereocenters. The third kappa shape index (κ3) is 8.81. The van der Waals surface area contributed by atoms with E-state index in [9.17, 15) is 20.1 Å². The molecule has 264 valence electrons. The van der Waals surface area contributed by atoms with Crippen molar-refractivity contribution in [3.63, 3.8) is 0 Å². The number of hydrogen-bond donors (Lipinski definition) is 0. The number of nitrogens with zero attached hydrogens (tertiary/aromatic N) is 6. The zero-order valence-corrected chi connectivity index (χ0v) is 30.1. The molecule has 2 aromatic heterocycles. The lowest BCUT2D eigenvalue weighted by molar-refractivity contribution is 0.499. The number of benzene rings is 2. The van der Waals surface area contributed by atoms with E-state index in [1.807, 2.05) is 30.6 Å². The van der Waals surface area contributed by atoms with Gasteiger partial charge in [-0.05, 0) is 91.9 Å². The van der Waals surface area contributed by atoms with Gasteiger partial charge in [0.1, 0.15) is 23.3 Å². The van der Waals surface area contributed by atoms with Crippen molar-refractivity contribution < 1.29 is 0 Å². The molecular weight excluding hydrogens is 633 g/mol. The van der Waals surface area contributed by atoms with Gasteiger partial charge < -0.3 is 18.9 Å². The van der Waals surface area contributed by atoms with Gasteiger partial charge in [-0.2, -0.15) is 10.5 Å². The Kier molecular flexibility index (Phi) is 11.7. The van der Waals surface area contributed by atoms with E-state index >= 15 is 0 Å². The average molecular weight is 683 g/mol. The molecule has 2 aromatic carbocycles. The Balaban J connectivity index is 0.000000176. The maximum Gasteiger partial charge on any atom is 0.270 e. The smallest absolute Gasteiger partial charge is 0.270 e. The second-order valence-corrected chi connectivity index (χ2v) is 14.8. The lowest BCUT2D eigenvalue weighted by Gasteiger charge is -2.34. The summed E-state index contributed by atoms with van der Waals surface area (Å²) in [6.07, 6.45) is 11.3. The van der Waals surface area contributed by atoms with Gasteiger partial charge in [-0.3, -0.25) is 9.59 Å². The van der Waals surface area contributed by atoms with Crippen LogP contribution >= 0.6 is 0 Å². The van der Waals surface area contributed by atoms with E-state index in [1.54, 1.807) is 9.13 Å². The molecule has 4 aromatic rings. The summed E-state index contributed by atoms with van der Waals surface area (Å²) in [5.41, 5.74) is 4.69. The van der Waals surface area contributed by atoms with Gasteiger partial charge >= 0.3 is 0 Å². The minimum Gasteiger partial charge on any atom is -0.370 e. The zero-order chi connectivity index (χ0) is 35.7. The first-order valence-electron chi connectivity index (χ1n) is 18.7. The number of rotatable bonds is 9. The van der Waals surface area contributed by atoms with Gasteiger partial charge in [0, 0.05) is 51.7 Å². The number of nitriles is 2. The molecule has 4 heterocycles. The molecule has 3 aliphatic rings. The lowest BCUT2D eigenvalue weighted by Crippen LogP contribution is -2.35. The number of aryl methyl sites for hydroxylation is 1. The molecule has 0 amide bonds. The Morgan fingerprint density at radius 2 is 1.06 bits per heavy atom. The fraction of sp³-hybridized carbons (Fsp3) is 0.442. The molecule has 2 saturated heterocycles. The van der Waals surface area contributed by atoms with Gasteiger partial charge in [0.15, 0.2) is 0 Å². The van der Waals surface area contributed by atoms with Crippen LogP contribution in [0.2, 0.25) is 0 Å². The first kappa shape index (κ1) is 35.7.